The fraction of sp³-hybridized carbons (Fsp3) is 0.158. The minimum absolute atomic E-state index is 0.115. The maximum absolute atomic E-state index is 12.6. The summed E-state index contributed by atoms with van der Waals surface area (Å²) in [5.74, 6) is -0.464. The van der Waals surface area contributed by atoms with E-state index in [1.807, 2.05) is 16.7 Å². The predicted molar refractivity (Wildman–Crippen MR) is 112 cm³/mol. The van der Waals surface area contributed by atoms with E-state index in [0.717, 1.165) is 14.5 Å². The van der Waals surface area contributed by atoms with Gasteiger partial charge in [-0.2, -0.15) is 4.99 Å². The number of carbonyl (C=O) groups is 1. The van der Waals surface area contributed by atoms with E-state index in [2.05, 4.69) is 11.6 Å². The number of sulfonamides is 1. The Kier molecular flexibility index (Phi) is 5.85. The van der Waals surface area contributed by atoms with Crippen LogP contribution in [-0.2, 0) is 16.6 Å². The molecule has 0 aliphatic heterocycles. The predicted octanol–water partition coefficient (Wildman–Crippen LogP) is 3.53. The second-order valence-electron chi connectivity index (χ2n) is 6.10. The second-order valence-corrected chi connectivity index (χ2v) is 9.67. The van der Waals surface area contributed by atoms with Gasteiger partial charge >= 0.3 is 0 Å². The first-order chi connectivity index (χ1) is 13.3. The molecule has 0 bridgehead atoms. The first-order valence-corrected chi connectivity index (χ1v) is 10.9. The van der Waals surface area contributed by atoms with Gasteiger partial charge in [-0.25, -0.2) is 12.7 Å². The molecule has 0 spiro atoms. The number of allylic oxidation sites excluding steroid dienone is 1. The van der Waals surface area contributed by atoms with Gasteiger partial charge in [0.15, 0.2) is 4.80 Å². The number of amides is 1. The van der Waals surface area contributed by atoms with Gasteiger partial charge in [-0.1, -0.05) is 35.1 Å². The zero-order valence-corrected chi connectivity index (χ0v) is 17.7. The molecule has 3 aromatic rings. The van der Waals surface area contributed by atoms with Crippen molar-refractivity contribution in [2.24, 2.45) is 4.99 Å². The van der Waals surface area contributed by atoms with Crippen molar-refractivity contribution in [3.05, 3.63) is 70.5 Å². The maximum atomic E-state index is 12.6. The number of hydrogen-bond acceptors (Lipinski definition) is 4. The lowest BCUT2D eigenvalue weighted by Gasteiger charge is -2.11. The van der Waals surface area contributed by atoms with Gasteiger partial charge < -0.3 is 4.57 Å². The average molecular weight is 436 g/mol. The van der Waals surface area contributed by atoms with Gasteiger partial charge in [0, 0.05) is 26.2 Å². The Morgan fingerprint density at radius 1 is 1.25 bits per heavy atom. The van der Waals surface area contributed by atoms with E-state index in [1.165, 1.54) is 49.7 Å². The number of hydrogen-bond donors (Lipinski definition) is 0. The Morgan fingerprint density at radius 2 is 1.93 bits per heavy atom. The Balaban J connectivity index is 2.05. The highest BCUT2D eigenvalue weighted by Crippen LogP contribution is 2.25. The molecule has 0 N–H and O–H groups in total. The lowest BCUT2D eigenvalue weighted by Crippen LogP contribution is -2.22. The van der Waals surface area contributed by atoms with Crippen molar-refractivity contribution in [2.45, 2.75) is 11.4 Å². The van der Waals surface area contributed by atoms with Crippen LogP contribution in [0.4, 0.5) is 0 Å². The minimum atomic E-state index is -3.55. The van der Waals surface area contributed by atoms with E-state index in [4.69, 9.17) is 11.6 Å². The van der Waals surface area contributed by atoms with E-state index in [0.29, 0.717) is 21.9 Å². The van der Waals surface area contributed by atoms with E-state index < -0.39 is 15.9 Å². The summed E-state index contributed by atoms with van der Waals surface area (Å²) in [7, 11) is -0.645. The van der Waals surface area contributed by atoms with Crippen molar-refractivity contribution in [3.63, 3.8) is 0 Å². The summed E-state index contributed by atoms with van der Waals surface area (Å²) in [6.45, 7) is 4.20. The zero-order chi connectivity index (χ0) is 20.5. The SMILES string of the molecule is C=CCn1c(=NC(=O)c2ccc(S(=O)(=O)N(C)C)cc2)sc2cccc(Cl)c21. The Bertz CT molecular complexity index is 1220. The molecule has 0 aliphatic rings. The molecule has 1 heterocycles. The highest BCUT2D eigenvalue weighted by atomic mass is 35.5. The summed E-state index contributed by atoms with van der Waals surface area (Å²) in [5.41, 5.74) is 1.10. The fourth-order valence-electron chi connectivity index (χ4n) is 2.60. The highest BCUT2D eigenvalue weighted by Gasteiger charge is 2.17. The maximum Gasteiger partial charge on any atom is 0.279 e. The van der Waals surface area contributed by atoms with Crippen LogP contribution in [0, 0.1) is 0 Å². The largest absolute Gasteiger partial charge is 0.311 e. The van der Waals surface area contributed by atoms with Crippen LogP contribution in [0.2, 0.25) is 5.02 Å². The molecule has 0 fully saturated rings. The quantitative estimate of drug-likeness (QED) is 0.575. The normalized spacial score (nSPS) is 12.6. The van der Waals surface area contributed by atoms with E-state index >= 15 is 0 Å². The van der Waals surface area contributed by atoms with Crippen LogP contribution in [0.25, 0.3) is 10.2 Å². The summed E-state index contributed by atoms with van der Waals surface area (Å²) < 4.78 is 28.2. The molecule has 1 amide bonds. The van der Waals surface area contributed by atoms with Gasteiger partial charge in [0.2, 0.25) is 10.0 Å². The summed E-state index contributed by atoms with van der Waals surface area (Å²) >= 11 is 7.67. The van der Waals surface area contributed by atoms with Crippen molar-refractivity contribution >= 4 is 49.1 Å². The molecule has 0 aliphatic carbocycles. The zero-order valence-electron chi connectivity index (χ0n) is 15.3. The third kappa shape index (κ3) is 3.81. The molecule has 6 nitrogen and oxygen atoms in total. The Morgan fingerprint density at radius 3 is 2.54 bits per heavy atom. The van der Waals surface area contributed by atoms with E-state index in [1.54, 1.807) is 12.1 Å². The number of rotatable bonds is 5. The summed E-state index contributed by atoms with van der Waals surface area (Å²) in [6, 6.07) is 11.3. The monoisotopic (exact) mass is 435 g/mol. The lowest BCUT2D eigenvalue weighted by atomic mass is 10.2. The Hall–Kier alpha value is -2.26. The van der Waals surface area contributed by atoms with Crippen molar-refractivity contribution in [1.82, 2.24) is 8.87 Å². The van der Waals surface area contributed by atoms with Gasteiger partial charge in [0.05, 0.1) is 20.1 Å². The average Bonchev–Trinajstić information content (AvgIpc) is 3.00. The highest BCUT2D eigenvalue weighted by molar-refractivity contribution is 7.89. The summed E-state index contributed by atoms with van der Waals surface area (Å²) in [6.07, 6.45) is 1.71. The van der Waals surface area contributed by atoms with Crippen molar-refractivity contribution < 1.29 is 13.2 Å². The number of thiazole rings is 1. The molecule has 0 atom stereocenters. The molecular formula is C19H18ClN3O3S2. The molecule has 28 heavy (non-hydrogen) atoms. The van der Waals surface area contributed by atoms with Crippen molar-refractivity contribution in [2.75, 3.05) is 14.1 Å². The summed E-state index contributed by atoms with van der Waals surface area (Å²) in [5, 5.41) is 0.572. The van der Waals surface area contributed by atoms with Crippen LogP contribution >= 0.6 is 22.9 Å². The Labute approximate surface area is 172 Å². The standard InChI is InChI=1S/C19H18ClN3O3S2/c1-4-12-23-17-15(20)6-5-7-16(17)27-19(23)21-18(24)13-8-10-14(11-9-13)28(25,26)22(2)3/h4-11H,1,12H2,2-3H3. The molecule has 2 aromatic carbocycles. The number of para-hydroxylation sites is 1. The second kappa shape index (κ2) is 8.00. The molecule has 3 rings (SSSR count). The van der Waals surface area contributed by atoms with Crippen LogP contribution in [0.15, 0.2) is 65.0 Å². The summed E-state index contributed by atoms with van der Waals surface area (Å²) in [4.78, 5) is 17.5. The number of nitrogens with zero attached hydrogens (tertiary/aromatic N) is 3. The van der Waals surface area contributed by atoms with Gasteiger partial charge in [0.25, 0.3) is 5.91 Å². The van der Waals surface area contributed by atoms with Crippen LogP contribution in [0.5, 0.6) is 0 Å². The first-order valence-electron chi connectivity index (χ1n) is 8.26. The molecule has 0 unspecified atom stereocenters. The molecule has 0 saturated heterocycles. The molecular weight excluding hydrogens is 418 g/mol. The van der Waals surface area contributed by atoms with Crippen molar-refractivity contribution in [3.8, 4) is 0 Å². The fourth-order valence-corrected chi connectivity index (χ4v) is 4.90. The van der Waals surface area contributed by atoms with Crippen molar-refractivity contribution in [1.29, 1.82) is 0 Å². The molecule has 0 radical (unpaired) electrons. The topological polar surface area (TPSA) is 71.7 Å². The first kappa shape index (κ1) is 20.5. The lowest BCUT2D eigenvalue weighted by molar-refractivity contribution is 0.0998. The molecule has 1 aromatic heterocycles. The number of aromatic nitrogens is 1. The van der Waals surface area contributed by atoms with Gasteiger partial charge in [-0.05, 0) is 36.4 Å². The molecule has 9 heteroatoms. The minimum Gasteiger partial charge on any atom is -0.311 e. The van der Waals surface area contributed by atoms with Crippen LogP contribution < -0.4 is 4.80 Å². The van der Waals surface area contributed by atoms with Gasteiger partial charge in [-0.15, -0.1) is 6.58 Å². The third-order valence-electron chi connectivity index (χ3n) is 4.04. The van der Waals surface area contributed by atoms with E-state index in [9.17, 15) is 13.2 Å². The van der Waals surface area contributed by atoms with Crippen LogP contribution in [0.3, 0.4) is 0 Å². The molecule has 146 valence electrons. The van der Waals surface area contributed by atoms with Gasteiger partial charge in [0.1, 0.15) is 0 Å². The third-order valence-corrected chi connectivity index (χ3v) is 7.22. The number of benzene rings is 2. The van der Waals surface area contributed by atoms with E-state index in [-0.39, 0.29) is 4.90 Å². The number of carbonyl (C=O) groups excluding carboxylic acids is 1. The van der Waals surface area contributed by atoms with Crippen LogP contribution in [0.1, 0.15) is 10.4 Å². The van der Waals surface area contributed by atoms with Gasteiger partial charge in [-0.3, -0.25) is 4.79 Å². The smallest absolute Gasteiger partial charge is 0.279 e. The number of fused-ring (bicyclic) bond motifs is 1. The van der Waals surface area contributed by atoms with Crippen LogP contribution in [-0.4, -0.2) is 37.3 Å². The number of halogens is 1. The molecule has 0 saturated carbocycles.